The van der Waals surface area contributed by atoms with Crippen LogP contribution >= 0.6 is 11.6 Å². The lowest BCUT2D eigenvalue weighted by molar-refractivity contribution is 0.115. The molecule has 1 unspecified atom stereocenters. The zero-order valence-electron chi connectivity index (χ0n) is 11.1. The molecule has 1 aromatic heterocycles. The molecule has 0 saturated carbocycles. The van der Waals surface area contributed by atoms with Gasteiger partial charge in [-0.1, -0.05) is 41.9 Å². The molecule has 0 fully saturated rings. The van der Waals surface area contributed by atoms with E-state index in [0.29, 0.717) is 16.6 Å². The van der Waals surface area contributed by atoms with Gasteiger partial charge < -0.3 is 9.84 Å². The number of halogens is 1. The van der Waals surface area contributed by atoms with Crippen LogP contribution < -0.4 is 4.74 Å². The number of aromatic nitrogens is 1. The highest BCUT2D eigenvalue weighted by molar-refractivity contribution is 6.29. The van der Waals surface area contributed by atoms with Gasteiger partial charge in [0.05, 0.1) is 13.1 Å². The van der Waals surface area contributed by atoms with Crippen molar-refractivity contribution in [2.24, 2.45) is 0 Å². The molecule has 1 amide bonds. The average molecular weight is 305 g/mol. The first-order valence-electron chi connectivity index (χ1n) is 6.48. The van der Waals surface area contributed by atoms with E-state index in [0.717, 1.165) is 5.56 Å². The maximum absolute atomic E-state index is 11.4. The summed E-state index contributed by atoms with van der Waals surface area (Å²) >= 11 is 5.90. The van der Waals surface area contributed by atoms with Crippen molar-refractivity contribution < 1.29 is 14.6 Å². The van der Waals surface area contributed by atoms with Crippen LogP contribution in [-0.2, 0) is 6.54 Å². The number of carboxylic acid groups (broad SMARTS) is 1. The lowest BCUT2D eigenvalue weighted by Gasteiger charge is -2.21. The molecule has 108 valence electrons. The molecule has 0 radical (unpaired) electrons. The molecule has 1 aliphatic heterocycles. The van der Waals surface area contributed by atoms with E-state index in [4.69, 9.17) is 16.3 Å². The van der Waals surface area contributed by atoms with Gasteiger partial charge in [0.2, 0.25) is 5.88 Å². The van der Waals surface area contributed by atoms with Crippen LogP contribution in [0.15, 0.2) is 42.5 Å². The molecule has 5 nitrogen and oxygen atoms in total. The second-order valence-corrected chi connectivity index (χ2v) is 5.17. The van der Waals surface area contributed by atoms with Crippen molar-refractivity contribution in [1.82, 2.24) is 9.88 Å². The molecule has 1 N–H and O–H groups in total. The molecule has 21 heavy (non-hydrogen) atoms. The average Bonchev–Trinajstić information content (AvgIpc) is 2.67. The highest BCUT2D eigenvalue weighted by Gasteiger charge is 2.27. The first kappa shape index (κ1) is 13.7. The normalized spacial score (nSPS) is 17.6. The molecule has 0 spiro atoms. The number of hydrogen-bond donors (Lipinski definition) is 1. The fourth-order valence-electron chi connectivity index (χ4n) is 2.30. The predicted octanol–water partition coefficient (Wildman–Crippen LogP) is 3.35. The fourth-order valence-corrected chi connectivity index (χ4v) is 2.44. The minimum atomic E-state index is -0.984. The van der Waals surface area contributed by atoms with Crippen molar-refractivity contribution in [1.29, 1.82) is 0 Å². The van der Waals surface area contributed by atoms with Crippen molar-refractivity contribution in [2.75, 3.05) is 6.54 Å². The quantitative estimate of drug-likeness (QED) is 0.821. The van der Waals surface area contributed by atoms with Crippen LogP contribution in [-0.4, -0.2) is 27.6 Å². The molecule has 6 heteroatoms. The third-order valence-corrected chi connectivity index (χ3v) is 3.56. The number of fused-ring (bicyclic) bond motifs is 1. The zero-order valence-corrected chi connectivity index (χ0v) is 11.8. The summed E-state index contributed by atoms with van der Waals surface area (Å²) in [5.41, 5.74) is 1.61. The Bertz CT molecular complexity index is 663. The summed E-state index contributed by atoms with van der Waals surface area (Å²) in [6.07, 6.45) is -1.39. The monoisotopic (exact) mass is 304 g/mol. The standard InChI is InChI=1S/C15H13ClN2O3/c16-13-7-6-11-8-18(15(19)20)9-12(21-14(11)17-13)10-4-2-1-3-5-10/h1-7,12H,8-9H2,(H,19,20). The third kappa shape index (κ3) is 2.92. The topological polar surface area (TPSA) is 62.7 Å². The van der Waals surface area contributed by atoms with Gasteiger partial charge in [0.15, 0.2) is 0 Å². The van der Waals surface area contributed by atoms with Gasteiger partial charge in [-0.3, -0.25) is 4.90 Å². The number of rotatable bonds is 1. The van der Waals surface area contributed by atoms with Gasteiger partial charge in [-0.2, -0.15) is 0 Å². The smallest absolute Gasteiger partial charge is 0.407 e. The lowest BCUT2D eigenvalue weighted by atomic mass is 10.1. The Kier molecular flexibility index (Phi) is 3.66. The Balaban J connectivity index is 2.01. The van der Waals surface area contributed by atoms with E-state index in [9.17, 15) is 9.90 Å². The van der Waals surface area contributed by atoms with Crippen LogP contribution in [0, 0.1) is 0 Å². The molecule has 1 atom stereocenters. The van der Waals surface area contributed by atoms with E-state index in [1.54, 1.807) is 12.1 Å². The zero-order chi connectivity index (χ0) is 14.8. The van der Waals surface area contributed by atoms with Crippen LogP contribution in [0.4, 0.5) is 4.79 Å². The van der Waals surface area contributed by atoms with E-state index >= 15 is 0 Å². The van der Waals surface area contributed by atoms with E-state index < -0.39 is 12.2 Å². The Morgan fingerprint density at radius 3 is 2.76 bits per heavy atom. The first-order valence-corrected chi connectivity index (χ1v) is 6.86. The second kappa shape index (κ2) is 5.61. The molecule has 2 heterocycles. The largest absolute Gasteiger partial charge is 0.467 e. The number of benzene rings is 1. The van der Waals surface area contributed by atoms with Crippen LogP contribution in [0.1, 0.15) is 17.2 Å². The summed E-state index contributed by atoms with van der Waals surface area (Å²) < 4.78 is 5.90. The molecule has 3 rings (SSSR count). The SMILES string of the molecule is O=C(O)N1Cc2ccc(Cl)nc2OC(c2ccccc2)C1. The van der Waals surface area contributed by atoms with Gasteiger partial charge in [0.25, 0.3) is 0 Å². The van der Waals surface area contributed by atoms with Gasteiger partial charge in [-0.05, 0) is 17.7 Å². The summed E-state index contributed by atoms with van der Waals surface area (Å²) in [4.78, 5) is 16.9. The maximum Gasteiger partial charge on any atom is 0.407 e. The summed E-state index contributed by atoms with van der Waals surface area (Å²) in [7, 11) is 0. The summed E-state index contributed by atoms with van der Waals surface area (Å²) in [5.74, 6) is 0.389. The van der Waals surface area contributed by atoms with Crippen molar-refractivity contribution in [3.05, 3.63) is 58.7 Å². The minimum absolute atomic E-state index is 0.234. The second-order valence-electron chi connectivity index (χ2n) is 4.78. The van der Waals surface area contributed by atoms with Crippen molar-refractivity contribution in [2.45, 2.75) is 12.6 Å². The number of carbonyl (C=O) groups is 1. The molecule has 1 aliphatic rings. The number of nitrogens with zero attached hydrogens (tertiary/aromatic N) is 2. The number of pyridine rings is 1. The summed E-state index contributed by atoms with van der Waals surface area (Å²) in [5, 5.41) is 9.66. The van der Waals surface area contributed by atoms with Crippen LogP contribution in [0.25, 0.3) is 0 Å². The van der Waals surface area contributed by atoms with Gasteiger partial charge in [0.1, 0.15) is 11.3 Å². The number of hydrogen-bond acceptors (Lipinski definition) is 3. The molecular formula is C15H13ClN2O3. The van der Waals surface area contributed by atoms with E-state index in [1.165, 1.54) is 4.90 Å². The summed E-state index contributed by atoms with van der Waals surface area (Å²) in [6, 6.07) is 12.9. The highest BCUT2D eigenvalue weighted by atomic mass is 35.5. The highest BCUT2D eigenvalue weighted by Crippen LogP contribution is 2.30. The van der Waals surface area contributed by atoms with Gasteiger partial charge in [-0.15, -0.1) is 0 Å². The molecule has 2 aromatic rings. The van der Waals surface area contributed by atoms with Gasteiger partial charge in [-0.25, -0.2) is 9.78 Å². The third-order valence-electron chi connectivity index (χ3n) is 3.35. The lowest BCUT2D eigenvalue weighted by Crippen LogP contribution is -2.32. The Labute approximate surface area is 126 Å². The van der Waals surface area contributed by atoms with Crippen molar-refractivity contribution in [3.63, 3.8) is 0 Å². The van der Waals surface area contributed by atoms with E-state index in [1.807, 2.05) is 30.3 Å². The first-order chi connectivity index (χ1) is 10.1. The van der Waals surface area contributed by atoms with Crippen LogP contribution in [0.3, 0.4) is 0 Å². The van der Waals surface area contributed by atoms with Crippen LogP contribution in [0.5, 0.6) is 5.88 Å². The molecule has 1 aromatic carbocycles. The van der Waals surface area contributed by atoms with Gasteiger partial charge in [0, 0.05) is 5.56 Å². The maximum atomic E-state index is 11.4. The molecule has 0 bridgehead atoms. The van der Waals surface area contributed by atoms with Gasteiger partial charge >= 0.3 is 6.09 Å². The number of ether oxygens (including phenoxy) is 1. The van der Waals surface area contributed by atoms with Crippen LogP contribution in [0.2, 0.25) is 5.15 Å². The predicted molar refractivity (Wildman–Crippen MR) is 77.5 cm³/mol. The van der Waals surface area contributed by atoms with Crippen molar-refractivity contribution >= 4 is 17.7 Å². The van der Waals surface area contributed by atoms with Crippen molar-refractivity contribution in [3.8, 4) is 5.88 Å². The van der Waals surface area contributed by atoms with E-state index in [2.05, 4.69) is 4.98 Å². The Morgan fingerprint density at radius 1 is 1.29 bits per heavy atom. The molecule has 0 saturated heterocycles. The minimum Gasteiger partial charge on any atom is -0.467 e. The molecular weight excluding hydrogens is 292 g/mol. The number of amides is 1. The summed E-state index contributed by atoms with van der Waals surface area (Å²) in [6.45, 7) is 0.478. The fraction of sp³-hybridized carbons (Fsp3) is 0.200. The van der Waals surface area contributed by atoms with E-state index in [-0.39, 0.29) is 13.1 Å². The molecule has 0 aliphatic carbocycles. The Hall–Kier alpha value is -2.27. The Morgan fingerprint density at radius 2 is 2.05 bits per heavy atom.